The van der Waals surface area contributed by atoms with Crippen molar-refractivity contribution in [1.29, 1.82) is 0 Å². The minimum Gasteiger partial charge on any atom is -0.370 e. The number of aromatic amines is 1. The fraction of sp³-hybridized carbons (Fsp3) is 0.467. The molecule has 21 heavy (non-hydrogen) atoms. The number of carbonyl (C=O) groups is 1. The highest BCUT2D eigenvalue weighted by atomic mass is 16.5. The molecule has 0 bridgehead atoms. The van der Waals surface area contributed by atoms with E-state index in [-0.39, 0.29) is 12.0 Å². The third kappa shape index (κ3) is 2.71. The summed E-state index contributed by atoms with van der Waals surface area (Å²) in [5, 5.41) is 7.38. The van der Waals surface area contributed by atoms with E-state index in [9.17, 15) is 4.79 Å². The van der Waals surface area contributed by atoms with Gasteiger partial charge in [0.1, 0.15) is 6.10 Å². The molecule has 0 saturated carbocycles. The Hall–Kier alpha value is -2.08. The number of rotatable bonds is 3. The Kier molecular flexibility index (Phi) is 3.55. The molecule has 1 aliphatic rings. The van der Waals surface area contributed by atoms with Gasteiger partial charge < -0.3 is 15.0 Å². The number of hydrogen-bond donors (Lipinski definition) is 2. The fourth-order valence-electron chi connectivity index (χ4n) is 2.80. The standard InChI is InChI=1S/C15H20N4O2/c1-9-6-12(10(2)17-9)15(20)16-7-13-14-11(4-5-21-13)8-19(3)18-14/h6,8,13,17H,4-5,7H2,1-3H3,(H,16,20). The first-order chi connectivity index (χ1) is 10.0. The first-order valence-corrected chi connectivity index (χ1v) is 7.13. The van der Waals surface area contributed by atoms with Gasteiger partial charge in [0.25, 0.3) is 5.91 Å². The predicted molar refractivity (Wildman–Crippen MR) is 78.2 cm³/mol. The molecule has 3 rings (SSSR count). The van der Waals surface area contributed by atoms with Crippen LogP contribution in [0.25, 0.3) is 0 Å². The third-order valence-corrected chi connectivity index (χ3v) is 3.77. The van der Waals surface area contributed by atoms with E-state index in [1.807, 2.05) is 33.2 Å². The van der Waals surface area contributed by atoms with Crippen molar-refractivity contribution in [2.75, 3.05) is 13.2 Å². The highest BCUT2D eigenvalue weighted by molar-refractivity contribution is 5.95. The first-order valence-electron chi connectivity index (χ1n) is 7.13. The van der Waals surface area contributed by atoms with Crippen molar-refractivity contribution >= 4 is 5.91 Å². The van der Waals surface area contributed by atoms with E-state index < -0.39 is 0 Å². The SMILES string of the molecule is Cc1cc(C(=O)NCC2OCCc3cn(C)nc32)c(C)[nH]1. The van der Waals surface area contributed by atoms with Crippen LogP contribution in [0.2, 0.25) is 0 Å². The minimum atomic E-state index is -0.167. The lowest BCUT2D eigenvalue weighted by molar-refractivity contribution is 0.0384. The molecule has 2 aromatic rings. The summed E-state index contributed by atoms with van der Waals surface area (Å²) in [5.74, 6) is -0.0801. The lowest BCUT2D eigenvalue weighted by Crippen LogP contribution is -2.32. The minimum absolute atomic E-state index is 0.0801. The van der Waals surface area contributed by atoms with Crippen LogP contribution in [0, 0.1) is 13.8 Å². The second kappa shape index (κ2) is 5.37. The van der Waals surface area contributed by atoms with Crippen molar-refractivity contribution in [2.45, 2.75) is 26.4 Å². The molecule has 1 aliphatic heterocycles. The molecular formula is C15H20N4O2. The maximum atomic E-state index is 12.2. The van der Waals surface area contributed by atoms with Crippen molar-refractivity contribution < 1.29 is 9.53 Å². The van der Waals surface area contributed by atoms with Crippen LogP contribution in [0.4, 0.5) is 0 Å². The molecule has 1 atom stereocenters. The van der Waals surface area contributed by atoms with Crippen molar-refractivity contribution in [3.05, 3.63) is 40.5 Å². The second-order valence-corrected chi connectivity index (χ2v) is 5.52. The van der Waals surface area contributed by atoms with Gasteiger partial charge in [-0.1, -0.05) is 0 Å². The van der Waals surface area contributed by atoms with Gasteiger partial charge in [0.2, 0.25) is 0 Å². The largest absolute Gasteiger partial charge is 0.370 e. The average molecular weight is 288 g/mol. The Balaban J connectivity index is 1.68. The molecule has 1 amide bonds. The van der Waals surface area contributed by atoms with Gasteiger partial charge >= 0.3 is 0 Å². The number of nitrogens with one attached hydrogen (secondary N) is 2. The summed E-state index contributed by atoms with van der Waals surface area (Å²) >= 11 is 0. The van der Waals surface area contributed by atoms with E-state index in [0.717, 1.165) is 23.5 Å². The van der Waals surface area contributed by atoms with Gasteiger partial charge in [-0.2, -0.15) is 5.10 Å². The monoisotopic (exact) mass is 288 g/mol. The molecule has 0 spiro atoms. The van der Waals surface area contributed by atoms with Crippen LogP contribution in [0.15, 0.2) is 12.3 Å². The summed E-state index contributed by atoms with van der Waals surface area (Å²) in [5.41, 5.74) is 4.69. The van der Waals surface area contributed by atoms with Gasteiger partial charge in [-0.05, 0) is 31.9 Å². The van der Waals surface area contributed by atoms with Crippen LogP contribution in [-0.4, -0.2) is 33.8 Å². The van der Waals surface area contributed by atoms with E-state index in [4.69, 9.17) is 4.74 Å². The Morgan fingerprint density at radius 3 is 3.10 bits per heavy atom. The second-order valence-electron chi connectivity index (χ2n) is 5.52. The van der Waals surface area contributed by atoms with E-state index >= 15 is 0 Å². The van der Waals surface area contributed by atoms with E-state index in [1.165, 1.54) is 5.56 Å². The van der Waals surface area contributed by atoms with Crippen molar-refractivity contribution in [3.8, 4) is 0 Å². The molecule has 2 N–H and O–H groups in total. The average Bonchev–Trinajstić information content (AvgIpc) is 2.97. The maximum Gasteiger partial charge on any atom is 0.253 e. The number of fused-ring (bicyclic) bond motifs is 1. The zero-order chi connectivity index (χ0) is 15.0. The van der Waals surface area contributed by atoms with Crippen molar-refractivity contribution in [3.63, 3.8) is 0 Å². The number of amides is 1. The number of carbonyl (C=O) groups excluding carboxylic acids is 1. The van der Waals surface area contributed by atoms with Gasteiger partial charge in [-0.25, -0.2) is 0 Å². The number of nitrogens with zero attached hydrogens (tertiary/aromatic N) is 2. The third-order valence-electron chi connectivity index (χ3n) is 3.77. The number of ether oxygens (including phenoxy) is 1. The maximum absolute atomic E-state index is 12.2. The zero-order valence-corrected chi connectivity index (χ0v) is 12.6. The molecule has 0 radical (unpaired) electrons. The predicted octanol–water partition coefficient (Wildman–Crippen LogP) is 1.41. The molecule has 0 aliphatic carbocycles. The Morgan fingerprint density at radius 1 is 1.57 bits per heavy atom. The number of aromatic nitrogens is 3. The first kappa shape index (κ1) is 13.9. The van der Waals surface area contributed by atoms with Crippen molar-refractivity contribution in [2.24, 2.45) is 7.05 Å². The molecule has 112 valence electrons. The zero-order valence-electron chi connectivity index (χ0n) is 12.6. The van der Waals surface area contributed by atoms with Gasteiger partial charge in [-0.3, -0.25) is 9.48 Å². The number of hydrogen-bond acceptors (Lipinski definition) is 3. The molecule has 0 aromatic carbocycles. The van der Waals surface area contributed by atoms with Crippen LogP contribution in [0.3, 0.4) is 0 Å². The number of aryl methyl sites for hydroxylation is 3. The van der Waals surface area contributed by atoms with Crippen LogP contribution >= 0.6 is 0 Å². The normalized spacial score (nSPS) is 17.6. The van der Waals surface area contributed by atoms with Gasteiger partial charge in [0.05, 0.1) is 17.9 Å². The summed E-state index contributed by atoms with van der Waals surface area (Å²) in [6, 6.07) is 1.86. The van der Waals surface area contributed by atoms with Gasteiger partial charge in [0.15, 0.2) is 0 Å². The van der Waals surface area contributed by atoms with Gasteiger partial charge in [0, 0.05) is 31.2 Å². The molecular weight excluding hydrogens is 268 g/mol. The van der Waals surface area contributed by atoms with Crippen LogP contribution in [0.1, 0.15) is 39.1 Å². The lowest BCUT2D eigenvalue weighted by atomic mass is 10.1. The summed E-state index contributed by atoms with van der Waals surface area (Å²) in [6.45, 7) is 4.94. The molecule has 0 fully saturated rings. The lowest BCUT2D eigenvalue weighted by Gasteiger charge is -2.22. The molecule has 1 unspecified atom stereocenters. The van der Waals surface area contributed by atoms with Crippen LogP contribution in [-0.2, 0) is 18.2 Å². The van der Waals surface area contributed by atoms with E-state index in [2.05, 4.69) is 15.4 Å². The van der Waals surface area contributed by atoms with Crippen LogP contribution in [0.5, 0.6) is 0 Å². The topological polar surface area (TPSA) is 71.9 Å². The summed E-state index contributed by atoms with van der Waals surface area (Å²) in [7, 11) is 1.90. The molecule has 3 heterocycles. The summed E-state index contributed by atoms with van der Waals surface area (Å²) < 4.78 is 7.54. The van der Waals surface area contributed by atoms with E-state index in [0.29, 0.717) is 18.7 Å². The molecule has 6 nitrogen and oxygen atoms in total. The number of H-pyrrole nitrogens is 1. The van der Waals surface area contributed by atoms with Crippen LogP contribution < -0.4 is 5.32 Å². The highest BCUT2D eigenvalue weighted by Crippen LogP contribution is 2.24. The van der Waals surface area contributed by atoms with Gasteiger partial charge in [-0.15, -0.1) is 0 Å². The molecule has 6 heteroatoms. The summed E-state index contributed by atoms with van der Waals surface area (Å²) in [4.78, 5) is 15.4. The van der Waals surface area contributed by atoms with E-state index in [1.54, 1.807) is 4.68 Å². The Bertz CT molecular complexity index is 671. The molecule has 2 aromatic heterocycles. The fourth-order valence-corrected chi connectivity index (χ4v) is 2.80. The Labute approximate surface area is 123 Å². The van der Waals surface area contributed by atoms with Crippen molar-refractivity contribution in [1.82, 2.24) is 20.1 Å². The smallest absolute Gasteiger partial charge is 0.253 e. The quantitative estimate of drug-likeness (QED) is 0.897. The Morgan fingerprint density at radius 2 is 2.38 bits per heavy atom. The summed E-state index contributed by atoms with van der Waals surface area (Å²) in [6.07, 6.45) is 2.73. The highest BCUT2D eigenvalue weighted by Gasteiger charge is 2.25. The molecule has 0 saturated heterocycles.